The zero-order chi connectivity index (χ0) is 10.7. The summed E-state index contributed by atoms with van der Waals surface area (Å²) in [6, 6.07) is 1.29. The third-order valence-corrected chi connectivity index (χ3v) is 3.07. The monoisotopic (exact) mass is 210 g/mol. The van der Waals surface area contributed by atoms with Gasteiger partial charge in [0.2, 0.25) is 5.89 Å². The Bertz CT molecular complexity index is 278. The number of nitrogens with zero attached hydrogens (tertiary/aromatic N) is 3. The molecule has 0 radical (unpaired) electrons. The van der Waals surface area contributed by atoms with Crippen LogP contribution in [-0.4, -0.2) is 47.3 Å². The highest BCUT2D eigenvalue weighted by atomic mass is 16.5. The van der Waals surface area contributed by atoms with Crippen molar-refractivity contribution in [2.24, 2.45) is 0 Å². The van der Waals surface area contributed by atoms with E-state index >= 15 is 0 Å². The molecule has 0 bridgehead atoms. The molecule has 15 heavy (non-hydrogen) atoms. The van der Waals surface area contributed by atoms with E-state index in [4.69, 9.17) is 4.52 Å². The standard InChI is InChI=1S/C10H18N4O/c1-8-5-9(6-14(8)2)11-4-3-10-12-7-13-15-10/h7-9,11H,3-6H2,1-2H3. The van der Waals surface area contributed by atoms with Crippen molar-refractivity contribution in [3.05, 3.63) is 12.2 Å². The summed E-state index contributed by atoms with van der Waals surface area (Å²) in [4.78, 5) is 6.36. The van der Waals surface area contributed by atoms with Gasteiger partial charge in [0.15, 0.2) is 6.33 Å². The van der Waals surface area contributed by atoms with Crippen molar-refractivity contribution in [2.75, 3.05) is 20.1 Å². The van der Waals surface area contributed by atoms with Crippen LogP contribution in [-0.2, 0) is 6.42 Å². The molecule has 2 unspecified atom stereocenters. The normalized spacial score (nSPS) is 27.3. The molecule has 2 rings (SSSR count). The average Bonchev–Trinajstić information content (AvgIpc) is 2.79. The zero-order valence-corrected chi connectivity index (χ0v) is 9.31. The van der Waals surface area contributed by atoms with Crippen LogP contribution >= 0.6 is 0 Å². The van der Waals surface area contributed by atoms with Crippen LogP contribution in [0, 0.1) is 0 Å². The van der Waals surface area contributed by atoms with Gasteiger partial charge in [-0.1, -0.05) is 5.16 Å². The maximum Gasteiger partial charge on any atom is 0.227 e. The first-order valence-corrected chi connectivity index (χ1v) is 5.45. The van der Waals surface area contributed by atoms with Gasteiger partial charge in [0.25, 0.3) is 0 Å². The molecular weight excluding hydrogens is 192 g/mol. The van der Waals surface area contributed by atoms with Gasteiger partial charge in [0.1, 0.15) is 0 Å². The second kappa shape index (κ2) is 4.72. The van der Waals surface area contributed by atoms with Crippen LogP contribution in [0.25, 0.3) is 0 Å². The number of rotatable bonds is 4. The first-order valence-electron chi connectivity index (χ1n) is 5.45. The van der Waals surface area contributed by atoms with Crippen molar-refractivity contribution in [1.29, 1.82) is 0 Å². The van der Waals surface area contributed by atoms with Crippen LogP contribution in [0.1, 0.15) is 19.2 Å². The van der Waals surface area contributed by atoms with Crippen molar-refractivity contribution in [2.45, 2.75) is 31.8 Å². The third kappa shape index (κ3) is 2.76. The third-order valence-electron chi connectivity index (χ3n) is 3.07. The Morgan fingerprint density at radius 2 is 2.53 bits per heavy atom. The Balaban J connectivity index is 1.67. The first-order chi connectivity index (χ1) is 7.25. The van der Waals surface area contributed by atoms with Gasteiger partial charge >= 0.3 is 0 Å². The van der Waals surface area contributed by atoms with E-state index in [-0.39, 0.29) is 0 Å². The molecule has 0 saturated carbocycles. The van der Waals surface area contributed by atoms with Gasteiger partial charge in [-0.15, -0.1) is 0 Å². The Morgan fingerprint density at radius 1 is 1.67 bits per heavy atom. The van der Waals surface area contributed by atoms with Gasteiger partial charge in [-0.2, -0.15) is 4.98 Å². The largest absolute Gasteiger partial charge is 0.340 e. The van der Waals surface area contributed by atoms with Gasteiger partial charge in [0.05, 0.1) is 0 Å². The number of hydrogen-bond donors (Lipinski definition) is 1. The number of likely N-dealkylation sites (N-methyl/N-ethyl adjacent to an activating group) is 1. The second-order valence-electron chi connectivity index (χ2n) is 4.26. The zero-order valence-electron chi connectivity index (χ0n) is 9.31. The lowest BCUT2D eigenvalue weighted by Gasteiger charge is -2.12. The fourth-order valence-corrected chi connectivity index (χ4v) is 2.03. The summed E-state index contributed by atoms with van der Waals surface area (Å²) in [6.45, 7) is 4.30. The maximum absolute atomic E-state index is 4.93. The van der Waals surface area contributed by atoms with Gasteiger partial charge in [-0.05, 0) is 20.4 Å². The molecule has 1 aromatic heterocycles. The smallest absolute Gasteiger partial charge is 0.227 e. The molecule has 2 heterocycles. The Hall–Kier alpha value is -0.940. The summed E-state index contributed by atoms with van der Waals surface area (Å²) in [5, 5.41) is 7.09. The molecule has 1 saturated heterocycles. The topological polar surface area (TPSA) is 54.2 Å². The van der Waals surface area contributed by atoms with Gasteiger partial charge in [-0.25, -0.2) is 0 Å². The van der Waals surface area contributed by atoms with E-state index in [2.05, 4.69) is 34.3 Å². The Kier molecular flexibility index (Phi) is 3.33. The molecule has 1 aliphatic rings. The van der Waals surface area contributed by atoms with Crippen LogP contribution in [0.3, 0.4) is 0 Å². The molecule has 1 aromatic rings. The van der Waals surface area contributed by atoms with Gasteiger partial charge in [-0.3, -0.25) is 0 Å². The van der Waals surface area contributed by atoms with E-state index < -0.39 is 0 Å². The minimum absolute atomic E-state index is 0.605. The van der Waals surface area contributed by atoms with Gasteiger partial charge in [0, 0.05) is 31.6 Å². The lowest BCUT2D eigenvalue weighted by molar-refractivity contribution is 0.326. The highest BCUT2D eigenvalue weighted by molar-refractivity contribution is 4.86. The average molecular weight is 210 g/mol. The molecule has 1 fully saturated rings. The van der Waals surface area contributed by atoms with E-state index in [9.17, 15) is 0 Å². The summed E-state index contributed by atoms with van der Waals surface area (Å²) in [5.41, 5.74) is 0. The van der Waals surface area contributed by atoms with Crippen LogP contribution in [0.5, 0.6) is 0 Å². The van der Waals surface area contributed by atoms with Crippen LogP contribution < -0.4 is 5.32 Å². The summed E-state index contributed by atoms with van der Waals surface area (Å²) in [7, 11) is 2.17. The molecular formula is C10H18N4O. The van der Waals surface area contributed by atoms with Crippen LogP contribution in [0.2, 0.25) is 0 Å². The SMILES string of the molecule is CC1CC(NCCc2ncno2)CN1C. The van der Waals surface area contributed by atoms with Crippen molar-refractivity contribution in [1.82, 2.24) is 20.4 Å². The minimum Gasteiger partial charge on any atom is -0.340 e. The van der Waals surface area contributed by atoms with E-state index in [1.807, 2.05) is 0 Å². The molecule has 0 aliphatic carbocycles. The second-order valence-corrected chi connectivity index (χ2v) is 4.26. The van der Waals surface area contributed by atoms with E-state index in [1.54, 1.807) is 0 Å². The van der Waals surface area contributed by atoms with E-state index in [0.29, 0.717) is 18.0 Å². The predicted octanol–water partition coefficient (Wildman–Crippen LogP) is 0.294. The Labute approximate surface area is 89.8 Å². The van der Waals surface area contributed by atoms with Gasteiger partial charge < -0.3 is 14.7 Å². The van der Waals surface area contributed by atoms with E-state index in [1.165, 1.54) is 12.7 Å². The number of aromatic nitrogens is 2. The van der Waals surface area contributed by atoms with Crippen LogP contribution in [0.4, 0.5) is 0 Å². The van der Waals surface area contributed by atoms with Crippen molar-refractivity contribution < 1.29 is 4.52 Å². The first kappa shape index (κ1) is 10.6. The number of hydrogen-bond acceptors (Lipinski definition) is 5. The minimum atomic E-state index is 0.605. The van der Waals surface area contributed by atoms with Crippen molar-refractivity contribution in [3.8, 4) is 0 Å². The highest BCUT2D eigenvalue weighted by Crippen LogP contribution is 2.14. The summed E-state index contributed by atoms with van der Waals surface area (Å²) < 4.78 is 4.93. The lowest BCUT2D eigenvalue weighted by atomic mass is 10.2. The number of likely N-dealkylation sites (tertiary alicyclic amines) is 1. The highest BCUT2D eigenvalue weighted by Gasteiger charge is 2.25. The number of nitrogens with one attached hydrogen (secondary N) is 1. The molecule has 5 nitrogen and oxygen atoms in total. The quantitative estimate of drug-likeness (QED) is 0.774. The fraction of sp³-hybridized carbons (Fsp3) is 0.800. The molecule has 0 amide bonds. The van der Waals surface area contributed by atoms with Crippen LogP contribution in [0.15, 0.2) is 10.9 Å². The van der Waals surface area contributed by atoms with E-state index in [0.717, 1.165) is 19.5 Å². The summed E-state index contributed by atoms with van der Waals surface area (Å²) in [6.07, 6.45) is 3.48. The molecule has 84 valence electrons. The molecule has 5 heteroatoms. The predicted molar refractivity (Wildman–Crippen MR) is 56.5 cm³/mol. The molecule has 2 atom stereocenters. The molecule has 0 aromatic carbocycles. The fourth-order valence-electron chi connectivity index (χ4n) is 2.03. The summed E-state index contributed by atoms with van der Waals surface area (Å²) in [5.74, 6) is 0.710. The molecule has 0 spiro atoms. The lowest BCUT2D eigenvalue weighted by Crippen LogP contribution is -2.33. The van der Waals surface area contributed by atoms with Crippen molar-refractivity contribution >= 4 is 0 Å². The summed E-state index contributed by atoms with van der Waals surface area (Å²) >= 11 is 0. The molecule has 1 aliphatic heterocycles. The Morgan fingerprint density at radius 3 is 3.13 bits per heavy atom. The maximum atomic E-state index is 4.93. The molecule has 1 N–H and O–H groups in total. The van der Waals surface area contributed by atoms with Crippen molar-refractivity contribution in [3.63, 3.8) is 0 Å².